The molecule has 1 unspecified atom stereocenters. The summed E-state index contributed by atoms with van der Waals surface area (Å²) in [5.74, 6) is 5.24. The molecule has 0 fully saturated rings. The fraction of sp³-hybridized carbons (Fsp3) is 0.538. The zero-order valence-corrected chi connectivity index (χ0v) is 10.8. The molecule has 0 saturated heterocycles. The average Bonchev–Trinajstić information content (AvgIpc) is 2.34. The molecule has 0 aliphatic carbocycles. The highest BCUT2D eigenvalue weighted by Crippen LogP contribution is 2.23. The van der Waals surface area contributed by atoms with Crippen LogP contribution in [-0.2, 0) is 6.42 Å². The van der Waals surface area contributed by atoms with E-state index in [9.17, 15) is 13.2 Å². The largest absolute Gasteiger partial charge is 0.573 e. The summed E-state index contributed by atoms with van der Waals surface area (Å²) in [6.07, 6.45) is -0.888. The molecule has 0 radical (unpaired) electrons. The standard InChI is InChI=1S/C13H19F3N2O/c1-2-3-4-11(18-17)9-10-5-7-12(8-6-10)19-13(14,15)16/h5-8,11,18H,2-4,9,17H2,1H3. The first kappa shape index (κ1) is 15.8. The van der Waals surface area contributed by atoms with Gasteiger partial charge in [0.25, 0.3) is 0 Å². The van der Waals surface area contributed by atoms with Crippen LogP contribution in [0.1, 0.15) is 31.7 Å². The molecule has 19 heavy (non-hydrogen) atoms. The Bertz CT molecular complexity index is 365. The first-order valence-corrected chi connectivity index (χ1v) is 6.25. The second kappa shape index (κ2) is 7.35. The Balaban J connectivity index is 2.55. The normalized spacial score (nSPS) is 13.3. The van der Waals surface area contributed by atoms with E-state index in [-0.39, 0.29) is 11.8 Å². The number of hydrogen-bond acceptors (Lipinski definition) is 3. The van der Waals surface area contributed by atoms with Crippen molar-refractivity contribution >= 4 is 0 Å². The first-order chi connectivity index (χ1) is 8.94. The zero-order chi connectivity index (χ0) is 14.3. The monoisotopic (exact) mass is 276 g/mol. The van der Waals surface area contributed by atoms with Gasteiger partial charge in [-0.15, -0.1) is 13.2 Å². The molecular formula is C13H19F3N2O. The van der Waals surface area contributed by atoms with Crippen molar-refractivity contribution in [3.63, 3.8) is 0 Å². The topological polar surface area (TPSA) is 47.3 Å². The van der Waals surface area contributed by atoms with E-state index in [2.05, 4.69) is 17.1 Å². The molecule has 3 N–H and O–H groups in total. The molecule has 3 nitrogen and oxygen atoms in total. The van der Waals surface area contributed by atoms with Gasteiger partial charge in [-0.05, 0) is 30.5 Å². The Kier molecular flexibility index (Phi) is 6.11. The molecular weight excluding hydrogens is 257 g/mol. The summed E-state index contributed by atoms with van der Waals surface area (Å²) in [5.41, 5.74) is 3.65. The Labute approximate surface area is 110 Å². The molecule has 1 atom stereocenters. The minimum atomic E-state index is -4.65. The summed E-state index contributed by atoms with van der Waals surface area (Å²) < 4.78 is 39.8. The fourth-order valence-electron chi connectivity index (χ4n) is 1.81. The fourth-order valence-corrected chi connectivity index (χ4v) is 1.81. The number of alkyl halides is 3. The number of nitrogens with two attached hydrogens (primary N) is 1. The number of rotatable bonds is 7. The Morgan fingerprint density at radius 2 is 1.89 bits per heavy atom. The van der Waals surface area contributed by atoms with Gasteiger partial charge in [-0.3, -0.25) is 11.3 Å². The Hall–Kier alpha value is -1.27. The summed E-state index contributed by atoms with van der Waals surface area (Å²) in [5, 5.41) is 0. The lowest BCUT2D eigenvalue weighted by atomic mass is 10.0. The van der Waals surface area contributed by atoms with Crippen molar-refractivity contribution < 1.29 is 17.9 Å². The van der Waals surface area contributed by atoms with Crippen molar-refractivity contribution in [2.75, 3.05) is 0 Å². The van der Waals surface area contributed by atoms with Crippen LogP contribution in [0.2, 0.25) is 0 Å². The van der Waals surface area contributed by atoms with E-state index in [0.29, 0.717) is 6.42 Å². The van der Waals surface area contributed by atoms with Crippen LogP contribution >= 0.6 is 0 Å². The van der Waals surface area contributed by atoms with Crippen molar-refractivity contribution in [3.8, 4) is 5.75 Å². The van der Waals surface area contributed by atoms with Crippen LogP contribution < -0.4 is 16.0 Å². The minimum absolute atomic E-state index is 0.134. The van der Waals surface area contributed by atoms with Crippen molar-refractivity contribution in [3.05, 3.63) is 29.8 Å². The lowest BCUT2D eigenvalue weighted by molar-refractivity contribution is -0.274. The minimum Gasteiger partial charge on any atom is -0.406 e. The predicted octanol–water partition coefficient (Wildman–Crippen LogP) is 3.15. The number of hydrazine groups is 1. The molecule has 6 heteroatoms. The van der Waals surface area contributed by atoms with Crippen LogP contribution in [-0.4, -0.2) is 12.4 Å². The highest BCUT2D eigenvalue weighted by molar-refractivity contribution is 5.27. The number of unbranched alkanes of at least 4 members (excludes halogenated alkanes) is 1. The molecule has 1 aromatic rings. The van der Waals surface area contributed by atoms with Gasteiger partial charge in [0.2, 0.25) is 0 Å². The van der Waals surface area contributed by atoms with E-state index in [1.165, 1.54) is 12.1 Å². The molecule has 1 aromatic carbocycles. The van der Waals surface area contributed by atoms with Gasteiger partial charge in [0.15, 0.2) is 0 Å². The van der Waals surface area contributed by atoms with Crippen molar-refractivity contribution in [1.82, 2.24) is 5.43 Å². The van der Waals surface area contributed by atoms with Crippen LogP contribution in [0.25, 0.3) is 0 Å². The van der Waals surface area contributed by atoms with Gasteiger partial charge in [0.1, 0.15) is 5.75 Å². The number of nitrogens with one attached hydrogen (secondary N) is 1. The second-order valence-corrected chi connectivity index (χ2v) is 4.40. The summed E-state index contributed by atoms with van der Waals surface area (Å²) in [7, 11) is 0. The number of benzene rings is 1. The molecule has 0 amide bonds. The molecule has 0 bridgehead atoms. The smallest absolute Gasteiger partial charge is 0.406 e. The maximum Gasteiger partial charge on any atom is 0.573 e. The van der Waals surface area contributed by atoms with Gasteiger partial charge in [0.05, 0.1) is 0 Å². The van der Waals surface area contributed by atoms with Crippen LogP contribution in [0.3, 0.4) is 0 Å². The highest BCUT2D eigenvalue weighted by Gasteiger charge is 2.30. The van der Waals surface area contributed by atoms with E-state index in [0.717, 1.165) is 24.8 Å². The third kappa shape index (κ3) is 6.45. The van der Waals surface area contributed by atoms with Crippen molar-refractivity contribution in [1.29, 1.82) is 0 Å². The molecule has 0 aromatic heterocycles. The van der Waals surface area contributed by atoms with Gasteiger partial charge in [-0.1, -0.05) is 31.9 Å². The van der Waals surface area contributed by atoms with Crippen molar-refractivity contribution in [2.45, 2.75) is 45.0 Å². The van der Waals surface area contributed by atoms with E-state index in [4.69, 9.17) is 5.84 Å². The molecule has 0 saturated carbocycles. The lowest BCUT2D eigenvalue weighted by Crippen LogP contribution is -2.36. The Morgan fingerprint density at radius 1 is 1.26 bits per heavy atom. The summed E-state index contributed by atoms with van der Waals surface area (Å²) >= 11 is 0. The maximum atomic E-state index is 12.0. The molecule has 1 rings (SSSR count). The van der Waals surface area contributed by atoms with Crippen LogP contribution in [0, 0.1) is 0 Å². The Morgan fingerprint density at radius 3 is 2.37 bits per heavy atom. The quantitative estimate of drug-likeness (QED) is 0.594. The van der Waals surface area contributed by atoms with Gasteiger partial charge >= 0.3 is 6.36 Å². The SMILES string of the molecule is CCCCC(Cc1ccc(OC(F)(F)F)cc1)NN. The maximum absolute atomic E-state index is 12.0. The van der Waals surface area contributed by atoms with Gasteiger partial charge < -0.3 is 4.74 Å². The lowest BCUT2D eigenvalue weighted by Gasteiger charge is -2.16. The summed E-state index contributed by atoms with van der Waals surface area (Å²) in [6, 6.07) is 6.01. The van der Waals surface area contributed by atoms with E-state index in [1.54, 1.807) is 12.1 Å². The molecule has 0 aliphatic heterocycles. The van der Waals surface area contributed by atoms with Crippen molar-refractivity contribution in [2.24, 2.45) is 5.84 Å². The van der Waals surface area contributed by atoms with Crippen LogP contribution in [0.4, 0.5) is 13.2 Å². The third-order valence-electron chi connectivity index (χ3n) is 2.78. The van der Waals surface area contributed by atoms with E-state index < -0.39 is 6.36 Å². The van der Waals surface area contributed by atoms with Gasteiger partial charge in [0, 0.05) is 6.04 Å². The summed E-state index contributed by atoms with van der Waals surface area (Å²) in [4.78, 5) is 0. The molecule has 0 heterocycles. The third-order valence-corrected chi connectivity index (χ3v) is 2.78. The van der Waals surface area contributed by atoms with E-state index >= 15 is 0 Å². The number of hydrogen-bond donors (Lipinski definition) is 2. The van der Waals surface area contributed by atoms with Gasteiger partial charge in [-0.2, -0.15) is 0 Å². The van der Waals surface area contributed by atoms with Crippen LogP contribution in [0.15, 0.2) is 24.3 Å². The van der Waals surface area contributed by atoms with Crippen LogP contribution in [0.5, 0.6) is 5.75 Å². The molecule has 108 valence electrons. The second-order valence-electron chi connectivity index (χ2n) is 4.40. The highest BCUT2D eigenvalue weighted by atomic mass is 19.4. The summed E-state index contributed by atoms with van der Waals surface area (Å²) in [6.45, 7) is 2.09. The van der Waals surface area contributed by atoms with Gasteiger partial charge in [-0.25, -0.2) is 0 Å². The predicted molar refractivity (Wildman–Crippen MR) is 67.5 cm³/mol. The number of halogens is 3. The average molecular weight is 276 g/mol. The number of ether oxygens (including phenoxy) is 1. The first-order valence-electron chi connectivity index (χ1n) is 6.25. The molecule has 0 aliphatic rings. The molecule has 0 spiro atoms. The zero-order valence-electron chi connectivity index (χ0n) is 10.8. The van der Waals surface area contributed by atoms with E-state index in [1.807, 2.05) is 0 Å².